The number of anilines is 1. The number of nitrogens with one attached hydrogen (secondary N) is 1. The zero-order valence-corrected chi connectivity index (χ0v) is 9.12. The Labute approximate surface area is 89.4 Å². The molecule has 1 aromatic rings. The van der Waals surface area contributed by atoms with Gasteiger partial charge in [0.05, 0.1) is 9.50 Å². The lowest BCUT2D eigenvalue weighted by atomic mass is 10.3. The molecule has 13 heavy (non-hydrogen) atoms. The molecule has 0 atom stereocenters. The van der Waals surface area contributed by atoms with Gasteiger partial charge in [0.1, 0.15) is 5.82 Å². The van der Waals surface area contributed by atoms with Crippen molar-refractivity contribution in [3.05, 3.63) is 27.4 Å². The predicted octanol–water partition coefficient (Wildman–Crippen LogP) is 2.61. The number of rotatable bonds is 3. The molecule has 1 rings (SSSR count). The van der Waals surface area contributed by atoms with Gasteiger partial charge in [0.15, 0.2) is 0 Å². The summed E-state index contributed by atoms with van der Waals surface area (Å²) in [6.45, 7) is 1.09. The quantitative estimate of drug-likeness (QED) is 0.826. The normalized spacial score (nSPS) is 10.2. The third-order valence-corrected chi connectivity index (χ3v) is 2.79. The van der Waals surface area contributed by atoms with Gasteiger partial charge in [-0.05, 0) is 28.1 Å². The second-order valence-corrected chi connectivity index (χ2v) is 3.67. The highest BCUT2D eigenvalue weighted by molar-refractivity contribution is 9.10. The van der Waals surface area contributed by atoms with Crippen molar-refractivity contribution < 1.29 is 4.39 Å². The van der Waals surface area contributed by atoms with Crippen LogP contribution in [0.4, 0.5) is 10.1 Å². The van der Waals surface area contributed by atoms with E-state index < -0.39 is 0 Å². The van der Waals surface area contributed by atoms with Gasteiger partial charge in [-0.3, -0.25) is 0 Å². The van der Waals surface area contributed by atoms with Crippen molar-refractivity contribution in [1.82, 2.24) is 0 Å². The molecule has 0 aliphatic rings. The maximum Gasteiger partial charge on any atom is 0.140 e. The number of benzene rings is 1. The molecule has 0 saturated heterocycles. The van der Waals surface area contributed by atoms with Crippen LogP contribution >= 0.6 is 27.5 Å². The molecule has 1 aromatic carbocycles. The van der Waals surface area contributed by atoms with E-state index in [1.165, 1.54) is 6.07 Å². The van der Waals surface area contributed by atoms with Gasteiger partial charge < -0.3 is 11.1 Å². The molecule has 0 aliphatic heterocycles. The molecule has 0 amide bonds. The highest BCUT2D eigenvalue weighted by atomic mass is 79.9. The van der Waals surface area contributed by atoms with Crippen LogP contribution in [-0.4, -0.2) is 13.1 Å². The fourth-order valence-corrected chi connectivity index (χ4v) is 1.31. The summed E-state index contributed by atoms with van der Waals surface area (Å²) in [4.78, 5) is 0. The molecule has 0 unspecified atom stereocenters. The van der Waals surface area contributed by atoms with Gasteiger partial charge in [0.2, 0.25) is 0 Å². The van der Waals surface area contributed by atoms with Crippen molar-refractivity contribution in [2.24, 2.45) is 5.73 Å². The first-order valence-corrected chi connectivity index (χ1v) is 4.90. The summed E-state index contributed by atoms with van der Waals surface area (Å²) in [6.07, 6.45) is 0. The maximum absolute atomic E-state index is 13.1. The maximum atomic E-state index is 13.1. The molecule has 0 fully saturated rings. The zero-order valence-electron chi connectivity index (χ0n) is 6.78. The first-order chi connectivity index (χ1) is 6.15. The third-order valence-electron chi connectivity index (χ3n) is 1.46. The summed E-state index contributed by atoms with van der Waals surface area (Å²) < 4.78 is 13.3. The van der Waals surface area contributed by atoms with E-state index in [0.717, 1.165) is 0 Å². The Morgan fingerprint density at radius 3 is 2.77 bits per heavy atom. The standard InChI is InChI=1S/C8H9BrClFN2/c9-8-6(10)3-5(4-7(8)11)13-2-1-12/h3-4,13H,1-2,12H2. The number of halogens is 3. The SMILES string of the molecule is NCCNc1cc(F)c(Br)c(Cl)c1. The molecule has 5 heteroatoms. The summed E-state index contributed by atoms with van der Waals surface area (Å²) in [5, 5.41) is 3.28. The lowest BCUT2D eigenvalue weighted by Gasteiger charge is -2.06. The van der Waals surface area contributed by atoms with Gasteiger partial charge in [0, 0.05) is 18.8 Å². The topological polar surface area (TPSA) is 38.0 Å². The van der Waals surface area contributed by atoms with Crippen LogP contribution in [0, 0.1) is 5.82 Å². The molecule has 0 heterocycles. The molecule has 0 radical (unpaired) electrons. The Kier molecular flexibility index (Phi) is 3.96. The smallest absolute Gasteiger partial charge is 0.140 e. The molecule has 0 spiro atoms. The first kappa shape index (κ1) is 10.8. The van der Waals surface area contributed by atoms with Crippen LogP contribution in [0.25, 0.3) is 0 Å². The summed E-state index contributed by atoms with van der Waals surface area (Å²) in [5.74, 6) is -0.382. The largest absolute Gasteiger partial charge is 0.384 e. The van der Waals surface area contributed by atoms with Crippen molar-refractivity contribution >= 4 is 33.2 Å². The minimum atomic E-state index is -0.382. The van der Waals surface area contributed by atoms with Crippen LogP contribution in [0.3, 0.4) is 0 Å². The number of nitrogens with two attached hydrogens (primary N) is 1. The molecular formula is C8H9BrClFN2. The zero-order chi connectivity index (χ0) is 9.84. The van der Waals surface area contributed by atoms with Crippen molar-refractivity contribution in [2.75, 3.05) is 18.4 Å². The number of hydrogen-bond acceptors (Lipinski definition) is 2. The second-order valence-electron chi connectivity index (χ2n) is 2.47. The molecule has 72 valence electrons. The number of hydrogen-bond donors (Lipinski definition) is 2. The van der Waals surface area contributed by atoms with Gasteiger partial charge in [-0.2, -0.15) is 0 Å². The van der Waals surface area contributed by atoms with Crippen molar-refractivity contribution in [3.8, 4) is 0 Å². The van der Waals surface area contributed by atoms with Crippen LogP contribution in [-0.2, 0) is 0 Å². The van der Waals surface area contributed by atoms with E-state index in [4.69, 9.17) is 17.3 Å². The van der Waals surface area contributed by atoms with Crippen molar-refractivity contribution in [3.63, 3.8) is 0 Å². The predicted molar refractivity (Wildman–Crippen MR) is 56.7 cm³/mol. The molecule has 2 nitrogen and oxygen atoms in total. The fraction of sp³-hybridized carbons (Fsp3) is 0.250. The summed E-state index contributed by atoms with van der Waals surface area (Å²) in [5.41, 5.74) is 5.92. The van der Waals surface area contributed by atoms with E-state index in [9.17, 15) is 4.39 Å². The van der Waals surface area contributed by atoms with Crippen LogP contribution in [0.1, 0.15) is 0 Å². The van der Waals surface area contributed by atoms with E-state index in [0.29, 0.717) is 23.8 Å². The van der Waals surface area contributed by atoms with Crippen LogP contribution in [0.5, 0.6) is 0 Å². The van der Waals surface area contributed by atoms with Gasteiger partial charge in [-0.25, -0.2) is 4.39 Å². The fourth-order valence-electron chi connectivity index (χ4n) is 0.874. The minimum absolute atomic E-state index is 0.285. The highest BCUT2D eigenvalue weighted by Gasteiger charge is 2.05. The highest BCUT2D eigenvalue weighted by Crippen LogP contribution is 2.28. The molecule has 0 aliphatic carbocycles. The minimum Gasteiger partial charge on any atom is -0.384 e. The third kappa shape index (κ3) is 2.83. The van der Waals surface area contributed by atoms with Crippen molar-refractivity contribution in [2.45, 2.75) is 0 Å². The summed E-state index contributed by atoms with van der Waals surface area (Å²) in [6, 6.07) is 3.01. The van der Waals surface area contributed by atoms with Crippen LogP contribution < -0.4 is 11.1 Å². The van der Waals surface area contributed by atoms with E-state index in [1.54, 1.807) is 6.07 Å². The van der Waals surface area contributed by atoms with Gasteiger partial charge in [-0.1, -0.05) is 11.6 Å². The van der Waals surface area contributed by atoms with E-state index in [-0.39, 0.29) is 10.3 Å². The van der Waals surface area contributed by atoms with Crippen molar-refractivity contribution in [1.29, 1.82) is 0 Å². The van der Waals surface area contributed by atoms with E-state index in [2.05, 4.69) is 21.2 Å². The monoisotopic (exact) mass is 266 g/mol. The molecule has 3 N–H and O–H groups in total. The summed E-state index contributed by atoms with van der Waals surface area (Å²) >= 11 is 8.76. The Bertz CT molecular complexity index is 283. The molecule has 0 aromatic heterocycles. The molecule has 0 bridgehead atoms. The van der Waals surface area contributed by atoms with Gasteiger partial charge >= 0.3 is 0 Å². The Hall–Kier alpha value is -0.320. The lowest BCUT2D eigenvalue weighted by molar-refractivity contribution is 0.621. The molecule has 0 saturated carbocycles. The molecular weight excluding hydrogens is 258 g/mol. The Morgan fingerprint density at radius 2 is 2.23 bits per heavy atom. The van der Waals surface area contributed by atoms with Gasteiger partial charge in [0.25, 0.3) is 0 Å². The van der Waals surface area contributed by atoms with E-state index in [1.807, 2.05) is 0 Å². The first-order valence-electron chi connectivity index (χ1n) is 3.73. The Balaban J connectivity index is 2.86. The van der Waals surface area contributed by atoms with Crippen LogP contribution in [0.15, 0.2) is 16.6 Å². The van der Waals surface area contributed by atoms with E-state index >= 15 is 0 Å². The lowest BCUT2D eigenvalue weighted by Crippen LogP contribution is -2.13. The summed E-state index contributed by atoms with van der Waals surface area (Å²) in [7, 11) is 0. The van der Waals surface area contributed by atoms with Gasteiger partial charge in [-0.15, -0.1) is 0 Å². The second kappa shape index (κ2) is 4.79. The Morgan fingerprint density at radius 1 is 1.54 bits per heavy atom. The average Bonchev–Trinajstić information content (AvgIpc) is 2.10. The average molecular weight is 268 g/mol. The van der Waals surface area contributed by atoms with Crippen LogP contribution in [0.2, 0.25) is 5.02 Å².